The molecule has 2 saturated heterocycles. The minimum absolute atomic E-state index is 0.0587. The second-order valence-corrected chi connectivity index (χ2v) is 19.2. The van der Waals surface area contributed by atoms with Crippen molar-refractivity contribution in [1.29, 1.82) is 0 Å². The van der Waals surface area contributed by atoms with Crippen LogP contribution in [0.25, 0.3) is 0 Å². The fourth-order valence-corrected chi connectivity index (χ4v) is 10.6. The summed E-state index contributed by atoms with van der Waals surface area (Å²) in [6.07, 6.45) is 8.58. The second kappa shape index (κ2) is 21.2. The number of rotatable bonds is 19. The van der Waals surface area contributed by atoms with E-state index in [1.165, 1.54) is 7.05 Å². The van der Waals surface area contributed by atoms with Gasteiger partial charge in [-0.3, -0.25) is 14.6 Å². The number of hydrogen-bond acceptors (Lipinski definition) is 10. The van der Waals surface area contributed by atoms with Crippen molar-refractivity contribution in [2.24, 2.45) is 11.8 Å². The third kappa shape index (κ3) is 10.8. The van der Waals surface area contributed by atoms with Crippen LogP contribution in [0.5, 0.6) is 5.75 Å². The minimum Gasteiger partial charge on any atom is -0.489 e. The highest BCUT2D eigenvalue weighted by Gasteiger charge is 2.43. The maximum Gasteiger partial charge on any atom is 0.214 e. The number of fused-ring (bicyclic) bond motifs is 1. The van der Waals surface area contributed by atoms with Crippen molar-refractivity contribution >= 4 is 33.7 Å². The Bertz CT molecular complexity index is 1800. The molecule has 0 radical (unpaired) electrons. The number of pyridine rings is 1. The zero-order valence-electron chi connectivity index (χ0n) is 35.8. The largest absolute Gasteiger partial charge is 0.489 e. The Hall–Kier alpha value is -2.65. The van der Waals surface area contributed by atoms with Crippen molar-refractivity contribution in [3.63, 3.8) is 0 Å². The summed E-state index contributed by atoms with van der Waals surface area (Å²) < 4.78 is 62.3. The predicted octanol–water partition coefficient (Wildman–Crippen LogP) is 7.13. The monoisotopic (exact) mass is 847 g/mol. The number of carbonyl (C=O) groups is 1. The molecule has 1 N–H and O–H groups in total. The van der Waals surface area contributed by atoms with Crippen molar-refractivity contribution in [2.45, 2.75) is 102 Å². The van der Waals surface area contributed by atoms with Crippen molar-refractivity contribution in [3.8, 4) is 5.75 Å². The van der Waals surface area contributed by atoms with Gasteiger partial charge in [0.1, 0.15) is 17.1 Å². The molecule has 0 saturated carbocycles. The molecule has 14 heteroatoms. The van der Waals surface area contributed by atoms with Crippen LogP contribution in [-0.2, 0) is 25.9 Å². The molecule has 58 heavy (non-hydrogen) atoms. The van der Waals surface area contributed by atoms with Gasteiger partial charge in [-0.2, -0.15) is 0 Å². The molecule has 3 aliphatic rings. The zero-order valence-corrected chi connectivity index (χ0v) is 37.3. The average molecular weight is 849 g/mol. The number of nitrogens with one attached hydrogen (secondary N) is 1. The van der Waals surface area contributed by atoms with Crippen molar-refractivity contribution in [3.05, 3.63) is 63.6 Å². The Balaban J connectivity index is 1.46. The Morgan fingerprint density at radius 1 is 1.14 bits per heavy atom. The molecule has 0 spiro atoms. The van der Waals surface area contributed by atoms with Gasteiger partial charge in [-0.05, 0) is 113 Å². The van der Waals surface area contributed by atoms with Gasteiger partial charge in [0, 0.05) is 51.8 Å². The minimum atomic E-state index is -3.44. The lowest BCUT2D eigenvalue weighted by Gasteiger charge is -2.47. The van der Waals surface area contributed by atoms with E-state index < -0.39 is 20.9 Å². The normalized spacial score (nSPS) is 21.7. The molecule has 4 heterocycles. The van der Waals surface area contributed by atoms with Crippen LogP contribution in [0.3, 0.4) is 0 Å². The maximum absolute atomic E-state index is 15.6. The van der Waals surface area contributed by atoms with Gasteiger partial charge in [-0.1, -0.05) is 57.4 Å². The number of aromatic nitrogens is 1. The van der Waals surface area contributed by atoms with Gasteiger partial charge in [0.25, 0.3) is 0 Å². The molecule has 5 rings (SSSR count). The lowest BCUT2D eigenvalue weighted by Crippen LogP contribution is -2.55. The smallest absolute Gasteiger partial charge is 0.214 e. The molecule has 0 amide bonds. The van der Waals surface area contributed by atoms with Crippen LogP contribution in [0.2, 0.25) is 5.02 Å². The van der Waals surface area contributed by atoms with E-state index in [1.807, 2.05) is 27.0 Å². The number of hydrogen-bond donors (Lipinski definition) is 1. The van der Waals surface area contributed by atoms with Gasteiger partial charge in [-0.15, -0.1) is 0 Å². The van der Waals surface area contributed by atoms with E-state index in [2.05, 4.69) is 39.3 Å². The van der Waals surface area contributed by atoms with Gasteiger partial charge in [0.2, 0.25) is 10.0 Å². The van der Waals surface area contributed by atoms with E-state index in [9.17, 15) is 13.2 Å². The third-order valence-electron chi connectivity index (χ3n) is 13.2. The van der Waals surface area contributed by atoms with Crippen LogP contribution in [0.4, 0.5) is 10.2 Å². The predicted molar refractivity (Wildman–Crippen MR) is 230 cm³/mol. The van der Waals surface area contributed by atoms with Crippen molar-refractivity contribution in [1.82, 2.24) is 19.5 Å². The quantitative estimate of drug-likeness (QED) is 0.116. The van der Waals surface area contributed by atoms with Crippen molar-refractivity contribution < 1.29 is 31.8 Å². The fraction of sp³-hybridized carbons (Fsp3) is 0.682. The summed E-state index contributed by atoms with van der Waals surface area (Å²) >= 11 is 6.29. The zero-order chi connectivity index (χ0) is 42.0. The van der Waals surface area contributed by atoms with Gasteiger partial charge in [0.05, 0.1) is 30.1 Å². The molecule has 0 aliphatic carbocycles. The molecule has 11 nitrogen and oxygen atoms in total. The summed E-state index contributed by atoms with van der Waals surface area (Å²) in [5.74, 6) is 0.567. The molecule has 5 atom stereocenters. The second-order valence-electron chi connectivity index (χ2n) is 16.5. The summed E-state index contributed by atoms with van der Waals surface area (Å²) in [5, 5.41) is -0.448. The van der Waals surface area contributed by atoms with Crippen LogP contribution in [0, 0.1) is 17.7 Å². The van der Waals surface area contributed by atoms with Crippen LogP contribution >= 0.6 is 11.6 Å². The van der Waals surface area contributed by atoms with Crippen molar-refractivity contribution in [2.75, 3.05) is 84.7 Å². The average Bonchev–Trinajstić information content (AvgIpc) is 3.43. The Kier molecular flexibility index (Phi) is 17.0. The SMILES string of the molecule is CCCc1c(C2COc3ccc(C=O)nc3N(CCC(CC)C(CN3CCC(N4CCOCC4)CC3)(OC)/C(C)=C/C[C@H](C)C(C)S(=O)(=O)NC)C2)ccc(Cl)c1F. The van der Waals surface area contributed by atoms with Gasteiger partial charge in [-0.25, -0.2) is 22.5 Å². The van der Waals surface area contributed by atoms with E-state index in [-0.39, 0.29) is 28.6 Å². The lowest BCUT2D eigenvalue weighted by molar-refractivity contribution is -0.0637. The molecule has 3 aliphatic heterocycles. The summed E-state index contributed by atoms with van der Waals surface area (Å²) in [4.78, 5) is 24.1. The summed E-state index contributed by atoms with van der Waals surface area (Å²) in [5.41, 5.74) is 2.24. The number of likely N-dealkylation sites (tertiary alicyclic amines) is 1. The number of piperidine rings is 1. The number of ether oxygens (including phenoxy) is 3. The number of methoxy groups -OCH3 is 1. The number of halogens is 2. The third-order valence-corrected chi connectivity index (χ3v) is 15.5. The summed E-state index contributed by atoms with van der Waals surface area (Å²) in [6, 6.07) is 7.57. The number of nitrogens with zero attached hydrogens (tertiary/aromatic N) is 4. The van der Waals surface area contributed by atoms with Gasteiger partial charge in [0.15, 0.2) is 17.9 Å². The molecule has 324 valence electrons. The standard InChI is InChI=1S/C44H67ClFN5O6S/c1-8-10-39-38(14-15-40(45)42(39)46)34-27-51(43-41(57-29-34)16-13-36(28-52)48-43)22-17-35(9-2)44(55-7,32(4)12-11-31(3)33(5)58(53,54)47-6)30-49-20-18-37(19-21-49)50-23-25-56-26-24-50/h12-16,28,31,33-35,37,47H,8-11,17-27,29-30H2,1-7H3/b32-12+/t31-,33?,34?,35?,44?/m0/s1. The first-order valence-corrected chi connectivity index (χ1v) is 23.2. The Labute approximate surface area is 352 Å². The number of sulfonamides is 1. The molecular formula is C44H67ClFN5O6S. The number of anilines is 1. The van der Waals surface area contributed by atoms with E-state index in [0.29, 0.717) is 67.9 Å². The first-order chi connectivity index (χ1) is 27.8. The number of morpholine rings is 1. The number of benzene rings is 1. The van der Waals surface area contributed by atoms with Gasteiger partial charge < -0.3 is 19.1 Å². The number of carbonyl (C=O) groups excluding carboxylic acids is 1. The topological polar surface area (TPSA) is 114 Å². The lowest BCUT2D eigenvalue weighted by atomic mass is 9.76. The molecule has 2 aromatic rings. The van der Waals surface area contributed by atoms with E-state index >= 15 is 4.39 Å². The van der Waals surface area contributed by atoms with Crippen LogP contribution in [0.1, 0.15) is 101 Å². The first kappa shape index (κ1) is 46.4. The molecule has 2 fully saturated rings. The van der Waals surface area contributed by atoms with E-state index in [4.69, 9.17) is 30.8 Å². The Morgan fingerprint density at radius 2 is 1.86 bits per heavy atom. The fourth-order valence-electron chi connectivity index (χ4n) is 9.31. The molecule has 1 aromatic heterocycles. The maximum atomic E-state index is 15.6. The molecule has 4 unspecified atom stereocenters. The summed E-state index contributed by atoms with van der Waals surface area (Å²) in [7, 11) is -0.158. The van der Waals surface area contributed by atoms with Crippen LogP contribution < -0.4 is 14.4 Å². The molecular weight excluding hydrogens is 781 g/mol. The molecule has 0 bridgehead atoms. The first-order valence-electron chi connectivity index (χ1n) is 21.3. The van der Waals surface area contributed by atoms with Gasteiger partial charge >= 0.3 is 0 Å². The highest BCUT2D eigenvalue weighted by molar-refractivity contribution is 7.90. The highest BCUT2D eigenvalue weighted by atomic mass is 35.5. The number of aldehydes is 1. The highest BCUT2D eigenvalue weighted by Crippen LogP contribution is 2.40. The van der Waals surface area contributed by atoms with E-state index in [1.54, 1.807) is 25.1 Å². The van der Waals surface area contributed by atoms with E-state index in [0.717, 1.165) is 88.9 Å². The summed E-state index contributed by atoms with van der Waals surface area (Å²) in [6.45, 7) is 17.7. The van der Waals surface area contributed by atoms with Crippen LogP contribution in [0.15, 0.2) is 35.9 Å². The Morgan fingerprint density at radius 3 is 2.50 bits per heavy atom. The number of allylic oxidation sites excluding steroid dienone is 1. The molecule has 1 aromatic carbocycles. The van der Waals surface area contributed by atoms with Crippen LogP contribution in [-0.4, -0.2) is 126 Å².